The number of rotatable bonds is 0. The van der Waals surface area contributed by atoms with E-state index in [1.807, 2.05) is 11.1 Å². The second kappa shape index (κ2) is 4.00. The Kier molecular flexibility index (Phi) is 2.45. The van der Waals surface area contributed by atoms with E-state index in [0.717, 1.165) is 17.8 Å². The summed E-state index contributed by atoms with van der Waals surface area (Å²) in [4.78, 5) is 0. The van der Waals surface area contributed by atoms with Crippen LogP contribution < -0.4 is 0 Å². The van der Waals surface area contributed by atoms with Crippen LogP contribution in [-0.4, -0.2) is 0 Å². The molecule has 92 valence electrons. The maximum absolute atomic E-state index is 2.56. The molecule has 17 heavy (non-hydrogen) atoms. The molecule has 3 atom stereocenters. The van der Waals surface area contributed by atoms with Crippen LogP contribution in [0.2, 0.25) is 0 Å². The highest BCUT2D eigenvalue weighted by Gasteiger charge is 2.41. The van der Waals surface area contributed by atoms with Gasteiger partial charge < -0.3 is 0 Å². The summed E-state index contributed by atoms with van der Waals surface area (Å²) >= 11 is 0. The van der Waals surface area contributed by atoms with E-state index >= 15 is 0 Å². The van der Waals surface area contributed by atoms with Gasteiger partial charge in [0, 0.05) is 0 Å². The second-order valence-corrected chi connectivity index (χ2v) is 6.66. The van der Waals surface area contributed by atoms with Gasteiger partial charge in [-0.25, -0.2) is 0 Å². The van der Waals surface area contributed by atoms with Crippen LogP contribution in [-0.2, 0) is 0 Å². The van der Waals surface area contributed by atoms with Crippen molar-refractivity contribution in [3.63, 3.8) is 0 Å². The summed E-state index contributed by atoms with van der Waals surface area (Å²) in [5.74, 6) is 3.22. The van der Waals surface area contributed by atoms with Crippen molar-refractivity contribution in [2.75, 3.05) is 0 Å². The Morgan fingerprint density at radius 2 is 1.88 bits per heavy atom. The van der Waals surface area contributed by atoms with Gasteiger partial charge in [0.15, 0.2) is 0 Å². The van der Waals surface area contributed by atoms with Crippen molar-refractivity contribution in [2.45, 2.75) is 64.2 Å². The predicted molar refractivity (Wildman–Crippen MR) is 71.7 cm³/mol. The maximum Gasteiger partial charge on any atom is -0.0163 e. The summed E-state index contributed by atoms with van der Waals surface area (Å²) in [6.45, 7) is 0. The Morgan fingerprint density at radius 3 is 2.88 bits per heavy atom. The van der Waals surface area contributed by atoms with Crippen LogP contribution >= 0.6 is 0 Å². The average Bonchev–Trinajstić information content (AvgIpc) is 2.86. The third-order valence-electron chi connectivity index (χ3n) is 5.99. The quantitative estimate of drug-likeness (QED) is 0.546. The summed E-state index contributed by atoms with van der Waals surface area (Å²) in [6.07, 6.45) is 17.2. The molecular weight excluding hydrogens is 204 g/mol. The van der Waals surface area contributed by atoms with E-state index in [4.69, 9.17) is 0 Å². The monoisotopic (exact) mass is 228 g/mol. The largest absolute Gasteiger partial charge is 0.0810 e. The molecule has 4 rings (SSSR count). The van der Waals surface area contributed by atoms with E-state index in [1.54, 1.807) is 18.4 Å². The number of hydrogen-bond donors (Lipinski definition) is 0. The van der Waals surface area contributed by atoms with Crippen molar-refractivity contribution >= 4 is 0 Å². The van der Waals surface area contributed by atoms with Gasteiger partial charge in [-0.1, -0.05) is 24.5 Å². The topological polar surface area (TPSA) is 0 Å². The Balaban J connectivity index is 1.73. The van der Waals surface area contributed by atoms with Gasteiger partial charge >= 0.3 is 0 Å². The van der Waals surface area contributed by atoms with Crippen molar-refractivity contribution < 1.29 is 0 Å². The molecule has 0 radical (unpaired) electrons. The van der Waals surface area contributed by atoms with E-state index < -0.39 is 0 Å². The van der Waals surface area contributed by atoms with Crippen LogP contribution in [0.1, 0.15) is 64.2 Å². The van der Waals surface area contributed by atoms with Gasteiger partial charge in [-0.2, -0.15) is 0 Å². The molecule has 2 saturated carbocycles. The molecule has 4 aliphatic carbocycles. The summed E-state index contributed by atoms with van der Waals surface area (Å²) in [6, 6.07) is 0. The number of fused-ring (bicyclic) bond motifs is 4. The fraction of sp³-hybridized carbons (Fsp3) is 0.765. The standard InChI is InChI=1S/C17H24/c1-2-6-14-12(4-1)8-10-17-15-7-3-5-13(15)9-11-16(14)17/h4,13,15,17H,1-3,5-11H2/t13-,15+,17-/m0/s1. The van der Waals surface area contributed by atoms with Crippen LogP contribution in [0, 0.1) is 17.8 Å². The predicted octanol–water partition coefficient (Wildman–Crippen LogP) is 5.01. The highest BCUT2D eigenvalue weighted by atomic mass is 14.5. The van der Waals surface area contributed by atoms with Crippen LogP contribution in [0.4, 0.5) is 0 Å². The zero-order valence-electron chi connectivity index (χ0n) is 10.9. The van der Waals surface area contributed by atoms with E-state index in [0.29, 0.717) is 0 Å². The zero-order valence-corrected chi connectivity index (χ0v) is 10.9. The molecule has 0 saturated heterocycles. The van der Waals surface area contributed by atoms with Crippen molar-refractivity contribution in [3.05, 3.63) is 22.8 Å². The molecule has 0 aromatic carbocycles. The lowest BCUT2D eigenvalue weighted by Gasteiger charge is -2.42. The molecule has 0 amide bonds. The summed E-state index contributed by atoms with van der Waals surface area (Å²) < 4.78 is 0. The van der Waals surface area contributed by atoms with Crippen molar-refractivity contribution in [3.8, 4) is 0 Å². The molecule has 4 aliphatic rings. The molecule has 0 unspecified atom stereocenters. The molecule has 0 aromatic rings. The Bertz CT molecular complexity index is 385. The Hall–Kier alpha value is -0.520. The fourth-order valence-corrected chi connectivity index (χ4v) is 5.27. The van der Waals surface area contributed by atoms with Gasteiger partial charge in [0.2, 0.25) is 0 Å². The first-order valence-corrected chi connectivity index (χ1v) is 7.85. The van der Waals surface area contributed by atoms with Gasteiger partial charge in [0.05, 0.1) is 0 Å². The maximum atomic E-state index is 2.56. The molecule has 0 N–H and O–H groups in total. The highest BCUT2D eigenvalue weighted by molar-refractivity contribution is 5.42. The van der Waals surface area contributed by atoms with Gasteiger partial charge in [0.25, 0.3) is 0 Å². The first-order valence-electron chi connectivity index (χ1n) is 7.85. The third-order valence-corrected chi connectivity index (χ3v) is 5.99. The first kappa shape index (κ1) is 10.4. The molecule has 0 nitrogen and oxygen atoms in total. The van der Waals surface area contributed by atoms with Crippen LogP contribution in [0.3, 0.4) is 0 Å². The minimum atomic E-state index is 1.02. The van der Waals surface area contributed by atoms with E-state index in [1.165, 1.54) is 51.4 Å². The number of allylic oxidation sites excluding steroid dienone is 4. The summed E-state index contributed by atoms with van der Waals surface area (Å²) in [5, 5.41) is 0. The fourth-order valence-electron chi connectivity index (χ4n) is 5.27. The van der Waals surface area contributed by atoms with Crippen LogP contribution in [0.5, 0.6) is 0 Å². The van der Waals surface area contributed by atoms with Crippen molar-refractivity contribution in [1.82, 2.24) is 0 Å². The SMILES string of the molecule is C1=C2CC[C@@H]3C(=C2CCC1)CC[C@@H]1CCC[C@H]13. The van der Waals surface area contributed by atoms with Gasteiger partial charge in [0.1, 0.15) is 0 Å². The lowest BCUT2D eigenvalue weighted by molar-refractivity contribution is 0.219. The molecule has 0 aliphatic heterocycles. The molecule has 0 heteroatoms. The minimum absolute atomic E-state index is 1.02. The molecule has 0 spiro atoms. The van der Waals surface area contributed by atoms with Crippen LogP contribution in [0.15, 0.2) is 22.8 Å². The molecule has 0 aromatic heterocycles. The molecule has 2 fully saturated rings. The van der Waals surface area contributed by atoms with Gasteiger partial charge in [-0.3, -0.25) is 0 Å². The molecule has 0 bridgehead atoms. The first-order chi connectivity index (χ1) is 8.43. The Morgan fingerprint density at radius 1 is 0.882 bits per heavy atom. The van der Waals surface area contributed by atoms with Gasteiger partial charge in [-0.15, -0.1) is 0 Å². The summed E-state index contributed by atoms with van der Waals surface area (Å²) in [7, 11) is 0. The Labute approximate surface area is 105 Å². The number of hydrogen-bond acceptors (Lipinski definition) is 0. The second-order valence-electron chi connectivity index (χ2n) is 6.66. The highest BCUT2D eigenvalue weighted by Crippen LogP contribution is 2.54. The lowest BCUT2D eigenvalue weighted by atomic mass is 9.63. The normalized spacial score (nSPS) is 40.5. The smallest absolute Gasteiger partial charge is 0.0163 e. The summed E-state index contributed by atoms with van der Waals surface area (Å²) in [5.41, 5.74) is 5.54. The van der Waals surface area contributed by atoms with Crippen LogP contribution in [0.25, 0.3) is 0 Å². The average molecular weight is 228 g/mol. The van der Waals surface area contributed by atoms with E-state index in [9.17, 15) is 0 Å². The third kappa shape index (κ3) is 1.56. The minimum Gasteiger partial charge on any atom is -0.0810 e. The lowest BCUT2D eigenvalue weighted by Crippen LogP contribution is -2.30. The molecule has 0 heterocycles. The van der Waals surface area contributed by atoms with Crippen molar-refractivity contribution in [2.24, 2.45) is 17.8 Å². The van der Waals surface area contributed by atoms with E-state index in [-0.39, 0.29) is 0 Å². The molecular formula is C17H24. The van der Waals surface area contributed by atoms with Gasteiger partial charge in [-0.05, 0) is 80.3 Å². The zero-order chi connectivity index (χ0) is 11.2. The van der Waals surface area contributed by atoms with E-state index in [2.05, 4.69) is 6.08 Å². The van der Waals surface area contributed by atoms with Crippen molar-refractivity contribution in [1.29, 1.82) is 0 Å².